The molecule has 1 unspecified atom stereocenters. The van der Waals surface area contributed by atoms with E-state index in [-0.39, 0.29) is 31.0 Å². The van der Waals surface area contributed by atoms with Gasteiger partial charge >= 0.3 is 19.3 Å². The number of rotatable bonds is 6. The molecule has 0 rings (SSSR count). The fraction of sp³-hybridized carbons (Fsp3) is 0.833. The van der Waals surface area contributed by atoms with Gasteiger partial charge in [0.2, 0.25) is 0 Å². The highest BCUT2D eigenvalue weighted by Crippen LogP contribution is 2.35. The lowest BCUT2D eigenvalue weighted by Gasteiger charge is -2.31. The van der Waals surface area contributed by atoms with E-state index in [0.29, 0.717) is 0 Å². The second-order valence-electron chi connectivity index (χ2n) is 4.27. The van der Waals surface area contributed by atoms with Crippen molar-refractivity contribution in [3.8, 4) is 0 Å². The third-order valence-corrected chi connectivity index (χ3v) is 3.11. The van der Waals surface area contributed by atoms with Crippen molar-refractivity contribution in [1.29, 1.82) is 0 Å². The van der Waals surface area contributed by atoms with Crippen molar-refractivity contribution < 1.29 is 34.1 Å². The SMILES string of the molecule is CCOC(=O)C(C)(C(=O)OC)C(CC)CC.N.N.N.OB(O)O. The summed E-state index contributed by atoms with van der Waals surface area (Å²) in [5, 5.41) is 21.5. The predicted octanol–water partition coefficient (Wildman–Crippen LogP) is 0.599. The highest BCUT2D eigenvalue weighted by atomic mass is 16.6. The van der Waals surface area contributed by atoms with Crippen LogP contribution in [0.3, 0.4) is 0 Å². The van der Waals surface area contributed by atoms with Gasteiger partial charge in [-0.2, -0.15) is 0 Å². The van der Waals surface area contributed by atoms with E-state index >= 15 is 0 Å². The van der Waals surface area contributed by atoms with E-state index in [1.165, 1.54) is 7.11 Å². The van der Waals surface area contributed by atoms with Crippen LogP contribution in [0, 0.1) is 11.3 Å². The molecule has 0 saturated carbocycles. The van der Waals surface area contributed by atoms with Crippen molar-refractivity contribution in [3.05, 3.63) is 0 Å². The van der Waals surface area contributed by atoms with Crippen LogP contribution >= 0.6 is 0 Å². The molecule has 0 aromatic heterocycles. The molecule has 0 amide bonds. The number of hydrogen-bond acceptors (Lipinski definition) is 10. The number of carbonyl (C=O) groups excluding carboxylic acids is 2. The monoisotopic (exact) mass is 343 g/mol. The highest BCUT2D eigenvalue weighted by molar-refractivity contribution is 6.30. The lowest BCUT2D eigenvalue weighted by molar-refractivity contribution is -0.174. The van der Waals surface area contributed by atoms with Crippen LogP contribution in [0.4, 0.5) is 0 Å². The fourth-order valence-corrected chi connectivity index (χ4v) is 2.01. The molecule has 0 fully saturated rings. The molecule has 1 atom stereocenters. The smallest absolute Gasteiger partial charge is 0.468 e. The molecule has 0 aromatic carbocycles. The number of ether oxygens (including phenoxy) is 2. The Bertz CT molecular complexity index is 302. The van der Waals surface area contributed by atoms with E-state index in [9.17, 15) is 9.59 Å². The Morgan fingerprint density at radius 3 is 1.57 bits per heavy atom. The quantitative estimate of drug-likeness (QED) is 0.224. The molecule has 0 aliphatic carbocycles. The van der Waals surface area contributed by atoms with Crippen molar-refractivity contribution in [2.45, 2.75) is 40.5 Å². The first-order valence-corrected chi connectivity index (χ1v) is 6.51. The van der Waals surface area contributed by atoms with Crippen LogP contribution in [0.25, 0.3) is 0 Å². The van der Waals surface area contributed by atoms with E-state index in [0.717, 1.165) is 12.8 Å². The Labute approximate surface area is 138 Å². The normalized spacial score (nSPS) is 11.2. The van der Waals surface area contributed by atoms with Gasteiger partial charge in [-0.15, -0.1) is 0 Å². The summed E-state index contributed by atoms with van der Waals surface area (Å²) in [7, 11) is -0.873. The maximum absolute atomic E-state index is 11.9. The Kier molecular flexibility index (Phi) is 24.9. The van der Waals surface area contributed by atoms with Crippen LogP contribution < -0.4 is 18.5 Å². The molecule has 0 spiro atoms. The second kappa shape index (κ2) is 17.1. The van der Waals surface area contributed by atoms with Crippen molar-refractivity contribution in [3.63, 3.8) is 0 Å². The minimum atomic E-state index is -2.17. The van der Waals surface area contributed by atoms with E-state index in [2.05, 4.69) is 0 Å². The highest BCUT2D eigenvalue weighted by Gasteiger charge is 2.48. The summed E-state index contributed by atoms with van der Waals surface area (Å²) in [6, 6.07) is 0. The molecule has 12 N–H and O–H groups in total. The van der Waals surface area contributed by atoms with Gasteiger partial charge in [0.1, 0.15) is 0 Å². The third-order valence-electron chi connectivity index (χ3n) is 3.11. The summed E-state index contributed by atoms with van der Waals surface area (Å²) in [5.41, 5.74) is -1.19. The van der Waals surface area contributed by atoms with Gasteiger partial charge in [-0.3, -0.25) is 9.59 Å². The molecular formula is C12H34BN3O7. The molecule has 0 aliphatic rings. The van der Waals surface area contributed by atoms with E-state index < -0.39 is 24.7 Å². The van der Waals surface area contributed by atoms with Gasteiger partial charge in [-0.25, -0.2) is 0 Å². The average Bonchev–Trinajstić information content (AvgIpc) is 2.38. The number of methoxy groups -OCH3 is 1. The van der Waals surface area contributed by atoms with Gasteiger partial charge in [0.25, 0.3) is 0 Å². The topological polar surface area (TPSA) is 218 Å². The summed E-state index contributed by atoms with van der Waals surface area (Å²) in [5.74, 6) is -1.06. The summed E-state index contributed by atoms with van der Waals surface area (Å²) in [6.07, 6.45) is 1.47. The predicted molar refractivity (Wildman–Crippen MR) is 88.3 cm³/mol. The molecular weight excluding hydrogens is 309 g/mol. The number of hydrogen-bond donors (Lipinski definition) is 6. The molecule has 0 saturated heterocycles. The zero-order valence-electron chi connectivity index (χ0n) is 14.9. The molecule has 0 radical (unpaired) electrons. The maximum Gasteiger partial charge on any atom is 0.631 e. The first-order valence-electron chi connectivity index (χ1n) is 6.51. The first kappa shape index (κ1) is 33.4. The maximum atomic E-state index is 11.9. The van der Waals surface area contributed by atoms with Crippen LogP contribution in [-0.4, -0.2) is 48.0 Å². The standard InChI is InChI=1S/C12H22O4.BH3O3.3H3N/c1-6-9(7-2)12(4,10(13)15-5)11(14)16-8-3;2-1(3)4;;;/h9H,6-8H2,1-5H3;2-4H;3*1H3. The van der Waals surface area contributed by atoms with Gasteiger partial charge in [0.15, 0.2) is 5.41 Å². The Morgan fingerprint density at radius 1 is 1.00 bits per heavy atom. The van der Waals surface area contributed by atoms with Crippen molar-refractivity contribution in [1.82, 2.24) is 18.5 Å². The van der Waals surface area contributed by atoms with Crippen molar-refractivity contribution in [2.24, 2.45) is 11.3 Å². The molecule has 11 heteroatoms. The molecule has 142 valence electrons. The largest absolute Gasteiger partial charge is 0.631 e. The van der Waals surface area contributed by atoms with E-state index in [1.54, 1.807) is 13.8 Å². The van der Waals surface area contributed by atoms with Gasteiger partial charge in [0.05, 0.1) is 13.7 Å². The lowest BCUT2D eigenvalue weighted by Crippen LogP contribution is -2.44. The molecule has 0 bridgehead atoms. The van der Waals surface area contributed by atoms with Crippen LogP contribution in [0.2, 0.25) is 0 Å². The summed E-state index contributed by atoms with van der Waals surface area (Å²) in [4.78, 5) is 23.7. The number of carbonyl (C=O) groups is 2. The Morgan fingerprint density at radius 2 is 1.35 bits per heavy atom. The zero-order valence-corrected chi connectivity index (χ0v) is 14.9. The lowest BCUT2D eigenvalue weighted by atomic mass is 9.74. The molecule has 0 aliphatic heterocycles. The number of esters is 2. The summed E-state index contributed by atoms with van der Waals surface area (Å²) < 4.78 is 9.70. The third kappa shape index (κ3) is 11.0. The zero-order chi connectivity index (χ0) is 16.3. The van der Waals surface area contributed by atoms with Crippen LogP contribution in [0.15, 0.2) is 0 Å². The van der Waals surface area contributed by atoms with Crippen LogP contribution in [0.5, 0.6) is 0 Å². The second-order valence-corrected chi connectivity index (χ2v) is 4.27. The molecule has 0 aromatic rings. The minimum absolute atomic E-state index is 0. The van der Waals surface area contributed by atoms with E-state index in [1.807, 2.05) is 13.8 Å². The minimum Gasteiger partial charge on any atom is -0.468 e. The summed E-state index contributed by atoms with van der Waals surface area (Å²) in [6.45, 7) is 7.51. The van der Waals surface area contributed by atoms with E-state index in [4.69, 9.17) is 24.5 Å². The van der Waals surface area contributed by atoms with Gasteiger partial charge in [-0.1, -0.05) is 26.7 Å². The molecule has 23 heavy (non-hydrogen) atoms. The molecule has 0 heterocycles. The molecule has 10 nitrogen and oxygen atoms in total. The fourth-order valence-electron chi connectivity index (χ4n) is 2.01. The van der Waals surface area contributed by atoms with Crippen molar-refractivity contribution in [2.75, 3.05) is 13.7 Å². The first-order chi connectivity index (χ1) is 9.21. The Balaban J connectivity index is -0.000000138. The summed E-state index contributed by atoms with van der Waals surface area (Å²) >= 11 is 0. The van der Waals surface area contributed by atoms with Crippen molar-refractivity contribution >= 4 is 19.3 Å². The van der Waals surface area contributed by atoms with Crippen LogP contribution in [-0.2, 0) is 19.1 Å². The van der Waals surface area contributed by atoms with Gasteiger partial charge < -0.3 is 43.0 Å². The average molecular weight is 343 g/mol. The van der Waals surface area contributed by atoms with Crippen LogP contribution in [0.1, 0.15) is 40.5 Å². The van der Waals surface area contributed by atoms with Gasteiger partial charge in [0, 0.05) is 0 Å². The van der Waals surface area contributed by atoms with Gasteiger partial charge in [-0.05, 0) is 19.8 Å². The Hall–Kier alpha value is -1.24.